The summed E-state index contributed by atoms with van der Waals surface area (Å²) >= 11 is 0. The third-order valence-electron chi connectivity index (χ3n) is 3.30. The van der Waals surface area contributed by atoms with Crippen molar-refractivity contribution in [3.8, 4) is 11.5 Å². The van der Waals surface area contributed by atoms with Gasteiger partial charge in [-0.1, -0.05) is 0 Å². The van der Waals surface area contributed by atoms with Gasteiger partial charge in [-0.05, 0) is 31.9 Å². The summed E-state index contributed by atoms with van der Waals surface area (Å²) in [5.41, 5.74) is 0.714. The fourth-order valence-corrected chi connectivity index (χ4v) is 2.41. The van der Waals surface area contributed by atoms with Crippen molar-refractivity contribution in [3.63, 3.8) is 0 Å². The molecule has 2 aromatic rings. The largest absolute Gasteiger partial charge is 0.480 e. The van der Waals surface area contributed by atoms with Crippen molar-refractivity contribution >= 4 is 5.97 Å². The van der Waals surface area contributed by atoms with Crippen LogP contribution in [0.15, 0.2) is 22.7 Å². The van der Waals surface area contributed by atoms with Crippen LogP contribution in [0.25, 0.3) is 11.5 Å². The molecule has 0 spiro atoms. The first-order valence-electron chi connectivity index (χ1n) is 6.02. The van der Waals surface area contributed by atoms with E-state index in [2.05, 4.69) is 4.98 Å². The number of nitrogens with zero attached hydrogens (tertiary/aromatic N) is 2. The van der Waals surface area contributed by atoms with E-state index in [4.69, 9.17) is 4.42 Å². The Morgan fingerprint density at radius 1 is 1.56 bits per heavy atom. The number of hydrogen-bond donors (Lipinski definition) is 1. The Morgan fingerprint density at radius 3 is 3.06 bits per heavy atom. The zero-order valence-corrected chi connectivity index (χ0v) is 10.1. The second kappa shape index (κ2) is 4.01. The highest BCUT2D eigenvalue weighted by Crippen LogP contribution is 2.29. The molecule has 1 aliphatic heterocycles. The van der Waals surface area contributed by atoms with Crippen LogP contribution in [0.1, 0.15) is 30.5 Å². The summed E-state index contributed by atoms with van der Waals surface area (Å²) in [6, 6.07) is 3.24. The highest BCUT2D eigenvalue weighted by atomic mass is 16.4. The predicted octanol–water partition coefficient (Wildman–Crippen LogP) is 2.41. The molecule has 0 saturated heterocycles. The van der Waals surface area contributed by atoms with Gasteiger partial charge in [-0.3, -0.25) is 0 Å². The molecule has 3 heterocycles. The van der Waals surface area contributed by atoms with Crippen molar-refractivity contribution in [2.45, 2.75) is 32.2 Å². The molecule has 2 aromatic heterocycles. The minimum absolute atomic E-state index is 0.494. The number of fused-ring (bicyclic) bond motifs is 1. The van der Waals surface area contributed by atoms with Gasteiger partial charge in [-0.25, -0.2) is 9.78 Å². The molecular formula is C13H14N2O3. The number of aromatic nitrogens is 2. The summed E-state index contributed by atoms with van der Waals surface area (Å²) in [4.78, 5) is 15.7. The number of aryl methyl sites for hydroxylation is 2. The van der Waals surface area contributed by atoms with Crippen LogP contribution in [0.3, 0.4) is 0 Å². The summed E-state index contributed by atoms with van der Waals surface area (Å²) in [6.45, 7) is 1.87. The van der Waals surface area contributed by atoms with Crippen LogP contribution in [0.5, 0.6) is 0 Å². The highest BCUT2D eigenvalue weighted by molar-refractivity contribution is 5.72. The Labute approximate surface area is 104 Å². The lowest BCUT2D eigenvalue weighted by atomic mass is 10.1. The maximum absolute atomic E-state index is 11.2. The lowest BCUT2D eigenvalue weighted by Crippen LogP contribution is -2.24. The van der Waals surface area contributed by atoms with Crippen molar-refractivity contribution in [3.05, 3.63) is 29.9 Å². The zero-order valence-electron chi connectivity index (χ0n) is 10.1. The fourth-order valence-electron chi connectivity index (χ4n) is 2.41. The summed E-state index contributed by atoms with van der Waals surface area (Å²) in [5, 5.41) is 9.20. The van der Waals surface area contributed by atoms with Gasteiger partial charge in [0, 0.05) is 12.6 Å². The van der Waals surface area contributed by atoms with E-state index in [1.54, 1.807) is 10.8 Å². The standard InChI is InChI=1S/C13H14N2O3/c1-8-5-6-11(18-8)9-7-15-10(13(16)17)3-2-4-12(15)14-9/h5-7,10H,2-4H2,1H3,(H,16,17). The SMILES string of the molecule is Cc1ccc(-c2cn3c(n2)CCCC3C(=O)O)o1. The predicted molar refractivity (Wildman–Crippen MR) is 64.3 cm³/mol. The van der Waals surface area contributed by atoms with Gasteiger partial charge in [0.15, 0.2) is 5.76 Å². The van der Waals surface area contributed by atoms with Crippen LogP contribution < -0.4 is 0 Å². The van der Waals surface area contributed by atoms with Gasteiger partial charge in [0.2, 0.25) is 0 Å². The monoisotopic (exact) mass is 246 g/mol. The van der Waals surface area contributed by atoms with E-state index in [1.165, 1.54) is 0 Å². The van der Waals surface area contributed by atoms with Gasteiger partial charge in [-0.2, -0.15) is 0 Å². The lowest BCUT2D eigenvalue weighted by Gasteiger charge is -2.20. The normalized spacial score (nSPS) is 18.6. The molecule has 5 heteroatoms. The molecule has 3 rings (SSSR count). The molecule has 0 radical (unpaired) electrons. The number of hydrogen-bond acceptors (Lipinski definition) is 3. The summed E-state index contributed by atoms with van der Waals surface area (Å²) in [5.74, 6) is 1.55. The van der Waals surface area contributed by atoms with Gasteiger partial charge >= 0.3 is 5.97 Å². The number of rotatable bonds is 2. The molecule has 5 nitrogen and oxygen atoms in total. The topological polar surface area (TPSA) is 68.3 Å². The van der Waals surface area contributed by atoms with Gasteiger partial charge in [-0.15, -0.1) is 0 Å². The second-order valence-electron chi connectivity index (χ2n) is 4.61. The van der Waals surface area contributed by atoms with Gasteiger partial charge in [0.1, 0.15) is 23.3 Å². The smallest absolute Gasteiger partial charge is 0.326 e. The molecule has 0 amide bonds. The lowest BCUT2D eigenvalue weighted by molar-refractivity contribution is -0.141. The molecule has 0 saturated carbocycles. The number of imidazole rings is 1. The van der Waals surface area contributed by atoms with E-state index in [0.29, 0.717) is 17.9 Å². The molecule has 94 valence electrons. The van der Waals surface area contributed by atoms with Crippen LogP contribution >= 0.6 is 0 Å². The first-order chi connectivity index (χ1) is 8.65. The fraction of sp³-hybridized carbons (Fsp3) is 0.385. The molecule has 0 fully saturated rings. The summed E-state index contributed by atoms with van der Waals surface area (Å²) < 4.78 is 7.28. The molecule has 0 bridgehead atoms. The summed E-state index contributed by atoms with van der Waals surface area (Å²) in [7, 11) is 0. The molecular weight excluding hydrogens is 232 g/mol. The maximum Gasteiger partial charge on any atom is 0.326 e. The van der Waals surface area contributed by atoms with Gasteiger partial charge in [0.05, 0.1) is 0 Å². The minimum Gasteiger partial charge on any atom is -0.480 e. The third-order valence-corrected chi connectivity index (χ3v) is 3.30. The number of furan rings is 1. The number of carboxylic acid groups (broad SMARTS) is 1. The average molecular weight is 246 g/mol. The van der Waals surface area contributed by atoms with Crippen molar-refractivity contribution in [1.82, 2.24) is 9.55 Å². The minimum atomic E-state index is -0.796. The Balaban J connectivity index is 2.03. The number of carbonyl (C=O) groups is 1. The first-order valence-corrected chi connectivity index (χ1v) is 6.02. The quantitative estimate of drug-likeness (QED) is 0.883. The first kappa shape index (κ1) is 11.1. The van der Waals surface area contributed by atoms with Crippen LogP contribution in [0.4, 0.5) is 0 Å². The Bertz CT molecular complexity index is 597. The second-order valence-corrected chi connectivity index (χ2v) is 4.61. The summed E-state index contributed by atoms with van der Waals surface area (Å²) in [6.07, 6.45) is 4.13. The Morgan fingerprint density at radius 2 is 2.39 bits per heavy atom. The van der Waals surface area contributed by atoms with Gasteiger partial charge in [0.25, 0.3) is 0 Å². The van der Waals surface area contributed by atoms with E-state index in [-0.39, 0.29) is 0 Å². The van der Waals surface area contributed by atoms with Crippen molar-refractivity contribution in [1.29, 1.82) is 0 Å². The average Bonchev–Trinajstić information content (AvgIpc) is 2.93. The van der Waals surface area contributed by atoms with Crippen molar-refractivity contribution in [2.24, 2.45) is 0 Å². The molecule has 1 N–H and O–H groups in total. The van der Waals surface area contributed by atoms with Gasteiger partial charge < -0.3 is 14.1 Å². The number of carboxylic acids is 1. The molecule has 0 aliphatic carbocycles. The Kier molecular flexibility index (Phi) is 2.47. The number of aliphatic carboxylic acids is 1. The van der Waals surface area contributed by atoms with E-state index < -0.39 is 12.0 Å². The highest BCUT2D eigenvalue weighted by Gasteiger charge is 2.27. The van der Waals surface area contributed by atoms with E-state index in [1.807, 2.05) is 19.1 Å². The van der Waals surface area contributed by atoms with Crippen LogP contribution in [-0.4, -0.2) is 20.6 Å². The van der Waals surface area contributed by atoms with Crippen LogP contribution in [0, 0.1) is 6.92 Å². The van der Waals surface area contributed by atoms with Crippen molar-refractivity contribution < 1.29 is 14.3 Å². The van der Waals surface area contributed by atoms with Crippen molar-refractivity contribution in [2.75, 3.05) is 0 Å². The molecule has 18 heavy (non-hydrogen) atoms. The molecule has 1 unspecified atom stereocenters. The molecule has 1 aliphatic rings. The maximum atomic E-state index is 11.2. The van der Waals surface area contributed by atoms with Crippen LogP contribution in [-0.2, 0) is 11.2 Å². The Hall–Kier alpha value is -2.04. The zero-order chi connectivity index (χ0) is 12.7. The van der Waals surface area contributed by atoms with Crippen LogP contribution in [0.2, 0.25) is 0 Å². The van der Waals surface area contributed by atoms with E-state index in [0.717, 1.165) is 24.4 Å². The van der Waals surface area contributed by atoms with E-state index >= 15 is 0 Å². The third kappa shape index (κ3) is 1.72. The molecule has 1 atom stereocenters. The molecule has 0 aromatic carbocycles. The van der Waals surface area contributed by atoms with E-state index in [9.17, 15) is 9.90 Å².